The van der Waals surface area contributed by atoms with E-state index in [-0.39, 0.29) is 12.5 Å². The lowest BCUT2D eigenvalue weighted by molar-refractivity contribution is -0.122. The van der Waals surface area contributed by atoms with Gasteiger partial charge in [0.1, 0.15) is 0 Å². The molecule has 1 N–H and O–H groups in total. The van der Waals surface area contributed by atoms with Crippen LogP contribution in [0.3, 0.4) is 0 Å². The molecule has 21 heavy (non-hydrogen) atoms. The van der Waals surface area contributed by atoms with Gasteiger partial charge in [-0.05, 0) is 30.7 Å². The van der Waals surface area contributed by atoms with Gasteiger partial charge in [0.15, 0.2) is 0 Å². The molecule has 0 bridgehead atoms. The van der Waals surface area contributed by atoms with Crippen molar-refractivity contribution in [2.45, 2.75) is 18.9 Å². The van der Waals surface area contributed by atoms with Gasteiger partial charge in [-0.2, -0.15) is 0 Å². The summed E-state index contributed by atoms with van der Waals surface area (Å²) in [6.07, 6.45) is 0.488. The van der Waals surface area contributed by atoms with E-state index in [0.29, 0.717) is 31.1 Å². The molecule has 1 aromatic rings. The first-order valence-electron chi connectivity index (χ1n) is 7.08. The Balaban J connectivity index is 1.43. The molecule has 1 saturated heterocycles. The number of benzene rings is 1. The van der Waals surface area contributed by atoms with Crippen LogP contribution in [0.15, 0.2) is 24.3 Å². The van der Waals surface area contributed by atoms with E-state index in [2.05, 4.69) is 5.32 Å². The van der Waals surface area contributed by atoms with E-state index >= 15 is 0 Å². The lowest BCUT2D eigenvalue weighted by Gasteiger charge is -2.24. The van der Waals surface area contributed by atoms with Gasteiger partial charge >= 0.3 is 0 Å². The first-order valence-corrected chi connectivity index (χ1v) is 7.46. The highest BCUT2D eigenvalue weighted by Gasteiger charge is 2.68. The van der Waals surface area contributed by atoms with Crippen LogP contribution in [0, 0.1) is 11.8 Å². The zero-order valence-corrected chi connectivity index (χ0v) is 12.2. The van der Waals surface area contributed by atoms with Crippen LogP contribution in [0.25, 0.3) is 0 Å². The van der Waals surface area contributed by atoms with Crippen molar-refractivity contribution in [3.05, 3.63) is 34.9 Å². The van der Waals surface area contributed by atoms with Crippen molar-refractivity contribution in [3.8, 4) is 0 Å². The number of nitrogens with one attached hydrogen (secondary N) is 1. The second-order valence-electron chi connectivity index (χ2n) is 5.81. The number of alkyl halides is 2. The van der Waals surface area contributed by atoms with Crippen LogP contribution in [0.2, 0.25) is 5.02 Å². The summed E-state index contributed by atoms with van der Waals surface area (Å²) in [5, 5.41) is 3.45. The molecule has 0 aromatic heterocycles. The van der Waals surface area contributed by atoms with Crippen LogP contribution in [0.1, 0.15) is 12.0 Å². The van der Waals surface area contributed by atoms with Crippen molar-refractivity contribution >= 4 is 17.5 Å². The second kappa shape index (κ2) is 5.54. The molecule has 6 heteroatoms. The van der Waals surface area contributed by atoms with Crippen LogP contribution >= 0.6 is 11.6 Å². The van der Waals surface area contributed by atoms with E-state index in [4.69, 9.17) is 11.6 Å². The minimum absolute atomic E-state index is 0.132. The van der Waals surface area contributed by atoms with Gasteiger partial charge in [-0.1, -0.05) is 23.7 Å². The summed E-state index contributed by atoms with van der Waals surface area (Å²) < 4.78 is 26.6. The van der Waals surface area contributed by atoms with E-state index in [1.807, 2.05) is 17.0 Å². The first-order chi connectivity index (χ1) is 9.96. The van der Waals surface area contributed by atoms with Crippen molar-refractivity contribution in [3.63, 3.8) is 0 Å². The minimum atomic E-state index is -2.51. The number of fused-ring (bicyclic) bond motifs is 1. The zero-order chi connectivity index (χ0) is 15.0. The van der Waals surface area contributed by atoms with Crippen LogP contribution in [-0.4, -0.2) is 36.4 Å². The third kappa shape index (κ3) is 3.19. The number of likely N-dealkylation sites (tertiary alicyclic amines) is 1. The Morgan fingerprint density at radius 3 is 2.71 bits per heavy atom. The van der Waals surface area contributed by atoms with Crippen molar-refractivity contribution < 1.29 is 13.6 Å². The molecule has 2 fully saturated rings. The van der Waals surface area contributed by atoms with E-state index in [1.165, 1.54) is 0 Å². The summed E-state index contributed by atoms with van der Waals surface area (Å²) in [5.41, 5.74) is 0.959. The van der Waals surface area contributed by atoms with E-state index in [1.54, 1.807) is 12.1 Å². The number of nitrogens with zero attached hydrogens (tertiary/aromatic N) is 1. The van der Waals surface area contributed by atoms with Crippen LogP contribution in [-0.2, 0) is 11.3 Å². The Morgan fingerprint density at radius 1 is 1.33 bits per heavy atom. The Hall–Kier alpha value is -1.20. The van der Waals surface area contributed by atoms with Gasteiger partial charge in [-0.3, -0.25) is 9.69 Å². The molecule has 2 atom stereocenters. The number of rotatable bonds is 4. The quantitative estimate of drug-likeness (QED) is 0.926. The highest BCUT2D eigenvalue weighted by molar-refractivity contribution is 6.30. The van der Waals surface area contributed by atoms with Crippen molar-refractivity contribution in [1.82, 2.24) is 10.2 Å². The van der Waals surface area contributed by atoms with Gasteiger partial charge in [0.05, 0.1) is 6.54 Å². The monoisotopic (exact) mass is 314 g/mol. The molecule has 1 amide bonds. The fourth-order valence-electron chi connectivity index (χ4n) is 3.00. The minimum Gasteiger partial charge on any atom is -0.351 e. The number of amides is 1. The van der Waals surface area contributed by atoms with Crippen LogP contribution in [0.4, 0.5) is 8.78 Å². The lowest BCUT2D eigenvalue weighted by Crippen LogP contribution is -2.40. The molecule has 0 unspecified atom stereocenters. The Morgan fingerprint density at radius 2 is 2.05 bits per heavy atom. The van der Waals surface area contributed by atoms with Gasteiger partial charge in [-0.15, -0.1) is 0 Å². The molecule has 114 valence electrons. The highest BCUT2D eigenvalue weighted by atomic mass is 35.5. The SMILES string of the molecule is O=C(CN1CC[C@H]2[C@H](C1)C2(F)F)NCc1ccc(Cl)cc1. The third-order valence-corrected chi connectivity index (χ3v) is 4.60. The van der Waals surface area contributed by atoms with Gasteiger partial charge in [-0.25, -0.2) is 8.78 Å². The molecule has 1 aromatic carbocycles. The van der Waals surface area contributed by atoms with Crippen molar-refractivity contribution in [2.24, 2.45) is 11.8 Å². The second-order valence-corrected chi connectivity index (χ2v) is 6.25. The number of carbonyl (C=O) groups is 1. The van der Waals surface area contributed by atoms with Crippen LogP contribution in [0.5, 0.6) is 0 Å². The van der Waals surface area contributed by atoms with E-state index in [9.17, 15) is 13.6 Å². The molecular formula is C15H17ClF2N2O. The van der Waals surface area contributed by atoms with Crippen molar-refractivity contribution in [1.29, 1.82) is 0 Å². The molecule has 3 nitrogen and oxygen atoms in total. The fraction of sp³-hybridized carbons (Fsp3) is 0.533. The predicted molar refractivity (Wildman–Crippen MR) is 76.3 cm³/mol. The number of piperidine rings is 1. The fourth-order valence-corrected chi connectivity index (χ4v) is 3.13. The molecule has 0 radical (unpaired) electrons. The van der Waals surface area contributed by atoms with Gasteiger partial charge in [0, 0.05) is 29.9 Å². The summed E-state index contributed by atoms with van der Waals surface area (Å²) in [7, 11) is 0. The third-order valence-electron chi connectivity index (χ3n) is 4.35. The molecule has 1 heterocycles. The average Bonchev–Trinajstić information content (AvgIpc) is 3.00. The largest absolute Gasteiger partial charge is 0.351 e. The van der Waals surface area contributed by atoms with Gasteiger partial charge < -0.3 is 5.32 Å². The Labute approximate surface area is 127 Å². The van der Waals surface area contributed by atoms with E-state index in [0.717, 1.165) is 5.56 Å². The molecule has 2 aliphatic rings. The molecule has 1 aliphatic carbocycles. The van der Waals surface area contributed by atoms with Gasteiger partial charge in [0.25, 0.3) is 5.92 Å². The maximum absolute atomic E-state index is 13.3. The van der Waals surface area contributed by atoms with E-state index < -0.39 is 17.8 Å². The Kier molecular flexibility index (Phi) is 3.88. The summed E-state index contributed by atoms with van der Waals surface area (Å²) in [6, 6.07) is 7.23. The summed E-state index contributed by atoms with van der Waals surface area (Å²) in [5.74, 6) is -3.64. The standard InChI is InChI=1S/C15H17ClF2N2O/c16-11-3-1-10(2-4-11)7-19-14(21)9-20-6-5-12-13(8-20)15(12,17)18/h1-4,12-13H,5-9H2,(H,19,21)/t12-,13-/m0/s1. The molecule has 1 aliphatic heterocycles. The van der Waals surface area contributed by atoms with Crippen molar-refractivity contribution in [2.75, 3.05) is 19.6 Å². The maximum Gasteiger partial charge on any atom is 0.255 e. The zero-order valence-electron chi connectivity index (χ0n) is 11.5. The topological polar surface area (TPSA) is 32.3 Å². The number of hydrogen-bond donors (Lipinski definition) is 1. The smallest absolute Gasteiger partial charge is 0.255 e. The molecule has 3 rings (SSSR count). The molecular weight excluding hydrogens is 298 g/mol. The summed E-state index contributed by atoms with van der Waals surface area (Å²) >= 11 is 5.79. The number of halogens is 3. The summed E-state index contributed by atoms with van der Waals surface area (Å²) in [6.45, 7) is 1.51. The number of hydrogen-bond acceptors (Lipinski definition) is 2. The molecule has 0 spiro atoms. The normalized spacial score (nSPS) is 27.0. The molecule has 1 saturated carbocycles. The van der Waals surface area contributed by atoms with Crippen LogP contribution < -0.4 is 5.32 Å². The summed E-state index contributed by atoms with van der Waals surface area (Å²) in [4.78, 5) is 13.7. The lowest BCUT2D eigenvalue weighted by atomic mass is 10.1. The maximum atomic E-state index is 13.3. The first kappa shape index (κ1) is 14.7. The highest BCUT2D eigenvalue weighted by Crippen LogP contribution is 2.58. The predicted octanol–water partition coefficient (Wildman–Crippen LogP) is 2.54. The average molecular weight is 315 g/mol. The van der Waals surface area contributed by atoms with Gasteiger partial charge in [0.2, 0.25) is 5.91 Å². The Bertz CT molecular complexity index is 535. The number of carbonyl (C=O) groups excluding carboxylic acids is 1.